The predicted molar refractivity (Wildman–Crippen MR) is 92.3 cm³/mol. The van der Waals surface area contributed by atoms with E-state index in [-0.39, 0.29) is 10.8 Å². The highest BCUT2D eigenvalue weighted by Gasteiger charge is 2.29. The van der Waals surface area contributed by atoms with Crippen LogP contribution >= 0.6 is 0 Å². The highest BCUT2D eigenvalue weighted by molar-refractivity contribution is 5.63. The molecule has 0 aliphatic rings. The van der Waals surface area contributed by atoms with Gasteiger partial charge in [-0.2, -0.15) is 0 Å². The molecule has 0 N–H and O–H groups in total. The van der Waals surface area contributed by atoms with E-state index in [0.717, 1.165) is 29.1 Å². The van der Waals surface area contributed by atoms with Gasteiger partial charge in [0.2, 0.25) is 0 Å². The van der Waals surface area contributed by atoms with Crippen molar-refractivity contribution in [3.63, 3.8) is 0 Å². The van der Waals surface area contributed by atoms with Crippen molar-refractivity contribution in [1.29, 1.82) is 0 Å². The van der Waals surface area contributed by atoms with Crippen LogP contribution in [0.4, 0.5) is 0 Å². The Bertz CT molecular complexity index is 516. The Hall–Kier alpha value is -1.31. The fourth-order valence-corrected chi connectivity index (χ4v) is 2.51. The van der Waals surface area contributed by atoms with Gasteiger partial charge in [0.15, 0.2) is 0 Å². The minimum Gasteiger partial charge on any atom is -0.491 e. The molecule has 0 unspecified atom stereocenters. The normalized spacial score (nSPS) is 12.4. The SMILES string of the molecule is C=Cc1c(C)c(C(C)(C)C)nc(C(C)(C)C)c1OCCC. The maximum absolute atomic E-state index is 6.05. The Labute approximate surface area is 130 Å². The van der Waals surface area contributed by atoms with Gasteiger partial charge in [0.25, 0.3) is 0 Å². The van der Waals surface area contributed by atoms with Gasteiger partial charge < -0.3 is 4.74 Å². The molecule has 0 amide bonds. The first-order valence-corrected chi connectivity index (χ1v) is 7.84. The predicted octanol–water partition coefficient (Wildman–Crippen LogP) is 5.42. The van der Waals surface area contributed by atoms with Crippen molar-refractivity contribution in [3.8, 4) is 5.75 Å². The second-order valence-electron chi connectivity index (χ2n) is 7.73. The fourth-order valence-electron chi connectivity index (χ4n) is 2.51. The quantitative estimate of drug-likeness (QED) is 0.738. The van der Waals surface area contributed by atoms with Crippen molar-refractivity contribution in [2.45, 2.75) is 72.6 Å². The molecule has 0 bridgehead atoms. The molecule has 1 aromatic heterocycles. The zero-order chi connectivity index (χ0) is 16.4. The van der Waals surface area contributed by atoms with Crippen molar-refractivity contribution < 1.29 is 4.74 Å². The van der Waals surface area contributed by atoms with Crippen molar-refractivity contribution in [3.05, 3.63) is 29.1 Å². The summed E-state index contributed by atoms with van der Waals surface area (Å²) in [5.74, 6) is 0.907. The number of hydrogen-bond donors (Lipinski definition) is 0. The van der Waals surface area contributed by atoms with Crippen LogP contribution in [-0.2, 0) is 10.8 Å². The molecule has 0 spiro atoms. The lowest BCUT2D eigenvalue weighted by Gasteiger charge is -2.29. The highest BCUT2D eigenvalue weighted by atomic mass is 16.5. The third-order valence-electron chi connectivity index (χ3n) is 3.52. The van der Waals surface area contributed by atoms with Crippen LogP contribution in [0.1, 0.15) is 77.4 Å². The fraction of sp³-hybridized carbons (Fsp3) is 0.632. The number of hydrogen-bond acceptors (Lipinski definition) is 2. The third-order valence-corrected chi connectivity index (χ3v) is 3.52. The van der Waals surface area contributed by atoms with Crippen LogP contribution in [0, 0.1) is 6.92 Å². The Kier molecular flexibility index (Phi) is 5.25. The van der Waals surface area contributed by atoms with E-state index in [2.05, 4.69) is 62.0 Å². The Morgan fingerprint density at radius 1 is 1.05 bits per heavy atom. The number of nitrogens with zero attached hydrogens (tertiary/aromatic N) is 1. The monoisotopic (exact) mass is 289 g/mol. The summed E-state index contributed by atoms with van der Waals surface area (Å²) in [6.45, 7) is 22.1. The van der Waals surface area contributed by atoms with Gasteiger partial charge in [-0.15, -0.1) is 0 Å². The van der Waals surface area contributed by atoms with Gasteiger partial charge in [-0.05, 0) is 18.9 Å². The molecular weight excluding hydrogens is 258 g/mol. The highest BCUT2D eigenvalue weighted by Crippen LogP contribution is 2.39. The summed E-state index contributed by atoms with van der Waals surface area (Å²) >= 11 is 0. The van der Waals surface area contributed by atoms with E-state index in [0.29, 0.717) is 6.61 Å². The van der Waals surface area contributed by atoms with E-state index in [1.807, 2.05) is 6.08 Å². The van der Waals surface area contributed by atoms with Gasteiger partial charge in [-0.25, -0.2) is 0 Å². The Morgan fingerprint density at radius 3 is 1.95 bits per heavy atom. The maximum Gasteiger partial charge on any atom is 0.148 e. The molecule has 0 aliphatic carbocycles. The van der Waals surface area contributed by atoms with E-state index in [1.54, 1.807) is 0 Å². The molecule has 118 valence electrons. The Balaban J connectivity index is 3.69. The van der Waals surface area contributed by atoms with Gasteiger partial charge in [0.1, 0.15) is 5.75 Å². The molecule has 21 heavy (non-hydrogen) atoms. The topological polar surface area (TPSA) is 22.1 Å². The van der Waals surface area contributed by atoms with E-state index in [4.69, 9.17) is 9.72 Å². The first kappa shape index (κ1) is 17.7. The van der Waals surface area contributed by atoms with Crippen LogP contribution in [0.2, 0.25) is 0 Å². The third kappa shape index (κ3) is 3.87. The van der Waals surface area contributed by atoms with Crippen LogP contribution in [0.3, 0.4) is 0 Å². The molecule has 1 rings (SSSR count). The maximum atomic E-state index is 6.05. The lowest BCUT2D eigenvalue weighted by molar-refractivity contribution is 0.304. The first-order chi connectivity index (χ1) is 9.54. The van der Waals surface area contributed by atoms with E-state index < -0.39 is 0 Å². The van der Waals surface area contributed by atoms with Crippen molar-refractivity contribution >= 4 is 6.08 Å². The molecule has 1 heterocycles. The average molecular weight is 289 g/mol. The van der Waals surface area contributed by atoms with Gasteiger partial charge in [0, 0.05) is 22.1 Å². The van der Waals surface area contributed by atoms with Crippen LogP contribution in [-0.4, -0.2) is 11.6 Å². The summed E-state index contributed by atoms with van der Waals surface area (Å²) in [5, 5.41) is 0. The van der Waals surface area contributed by atoms with Crippen LogP contribution in [0.5, 0.6) is 5.75 Å². The smallest absolute Gasteiger partial charge is 0.148 e. The van der Waals surface area contributed by atoms with Crippen LogP contribution in [0.15, 0.2) is 6.58 Å². The summed E-state index contributed by atoms with van der Waals surface area (Å²) < 4.78 is 6.05. The number of pyridine rings is 1. The number of ether oxygens (including phenoxy) is 1. The Morgan fingerprint density at radius 2 is 1.57 bits per heavy atom. The van der Waals surface area contributed by atoms with E-state index in [9.17, 15) is 0 Å². The van der Waals surface area contributed by atoms with Gasteiger partial charge in [-0.1, -0.05) is 61.1 Å². The summed E-state index contributed by atoms with van der Waals surface area (Å²) in [6, 6.07) is 0. The molecule has 0 saturated heterocycles. The van der Waals surface area contributed by atoms with Crippen LogP contribution < -0.4 is 4.74 Å². The molecule has 2 nitrogen and oxygen atoms in total. The summed E-state index contributed by atoms with van der Waals surface area (Å²) in [4.78, 5) is 5.00. The zero-order valence-electron chi connectivity index (χ0n) is 15.1. The van der Waals surface area contributed by atoms with Crippen molar-refractivity contribution in [2.75, 3.05) is 6.61 Å². The summed E-state index contributed by atoms with van der Waals surface area (Å²) in [7, 11) is 0. The molecule has 2 heteroatoms. The standard InChI is InChI=1S/C19H31NO/c1-10-12-21-15-14(11-2)13(3)16(18(4,5)6)20-17(15)19(7,8)9/h11H,2,10,12H2,1,3-9H3. The lowest BCUT2D eigenvalue weighted by Crippen LogP contribution is -2.23. The van der Waals surface area contributed by atoms with E-state index >= 15 is 0 Å². The molecule has 1 aromatic rings. The largest absolute Gasteiger partial charge is 0.491 e. The lowest BCUT2D eigenvalue weighted by atomic mass is 9.83. The van der Waals surface area contributed by atoms with E-state index in [1.165, 1.54) is 5.56 Å². The average Bonchev–Trinajstić information content (AvgIpc) is 2.33. The first-order valence-electron chi connectivity index (χ1n) is 7.84. The molecule has 0 fully saturated rings. The molecular formula is C19H31NO. The molecule has 0 saturated carbocycles. The molecule has 0 atom stereocenters. The van der Waals surface area contributed by atoms with Gasteiger partial charge in [0.05, 0.1) is 12.3 Å². The molecule has 0 radical (unpaired) electrons. The zero-order valence-corrected chi connectivity index (χ0v) is 15.1. The van der Waals surface area contributed by atoms with Crippen LogP contribution in [0.25, 0.3) is 6.08 Å². The molecule has 0 aliphatic heterocycles. The minimum atomic E-state index is -0.0610. The summed E-state index contributed by atoms with van der Waals surface area (Å²) in [6.07, 6.45) is 2.90. The van der Waals surface area contributed by atoms with Crippen molar-refractivity contribution in [2.24, 2.45) is 0 Å². The number of rotatable bonds is 4. The second-order valence-corrected chi connectivity index (χ2v) is 7.73. The van der Waals surface area contributed by atoms with Crippen molar-refractivity contribution in [1.82, 2.24) is 4.98 Å². The summed E-state index contributed by atoms with van der Waals surface area (Å²) in [5.41, 5.74) is 4.37. The second kappa shape index (κ2) is 6.21. The number of aromatic nitrogens is 1. The molecule has 0 aromatic carbocycles. The van der Waals surface area contributed by atoms with Gasteiger partial charge in [-0.3, -0.25) is 4.98 Å². The van der Waals surface area contributed by atoms with Gasteiger partial charge >= 0.3 is 0 Å². The minimum absolute atomic E-state index is 0.00509.